The van der Waals surface area contributed by atoms with Crippen molar-refractivity contribution >= 4 is 102 Å². The van der Waals surface area contributed by atoms with Crippen molar-refractivity contribution in [2.24, 2.45) is 16.7 Å². The molecular formula is C105H101IO17S9. The van der Waals surface area contributed by atoms with Gasteiger partial charge < -0.3 is 28.2 Å². The molecule has 0 spiro atoms. The molecule has 2 saturated carbocycles. The highest BCUT2D eigenvalue weighted by Gasteiger charge is 2.64. The summed E-state index contributed by atoms with van der Waals surface area (Å²) in [6.45, 7) is 7.13. The average molecular weight is 2050 g/mol. The van der Waals surface area contributed by atoms with Gasteiger partial charge in [0, 0.05) is 35.0 Å². The van der Waals surface area contributed by atoms with Crippen molar-refractivity contribution in [1.82, 2.24) is 0 Å². The summed E-state index contributed by atoms with van der Waals surface area (Å²) in [5, 5.41) is 12.6. The lowest BCUT2D eigenvalue weighted by atomic mass is 9.70. The molecule has 684 valence electrons. The van der Waals surface area contributed by atoms with Crippen LogP contribution < -0.4 is 31.2 Å². The van der Waals surface area contributed by atoms with Crippen LogP contribution in [0.4, 0.5) is 0 Å². The maximum Gasteiger partial charge on any atom is 0.366 e. The van der Waals surface area contributed by atoms with Gasteiger partial charge in [0.2, 0.25) is 7.14 Å². The van der Waals surface area contributed by atoms with Gasteiger partial charge in [-0.1, -0.05) is 281 Å². The molecule has 17 nitrogen and oxygen atoms in total. The van der Waals surface area contributed by atoms with Crippen LogP contribution in [0, 0.1) is 30.8 Å². The Hall–Kier alpha value is -10.2. The van der Waals surface area contributed by atoms with Crippen LogP contribution in [0.1, 0.15) is 45.6 Å². The third-order valence-electron chi connectivity index (χ3n) is 19.9. The zero-order valence-corrected chi connectivity index (χ0v) is 82.7. The maximum atomic E-state index is 11.8. The molecule has 2 aliphatic carbocycles. The minimum absolute atomic E-state index is 0.0146. The fourth-order valence-electron chi connectivity index (χ4n) is 13.8. The minimum Gasteiger partial charge on any atom is -0.748 e. The molecule has 18 rings (SSSR count). The van der Waals surface area contributed by atoms with Crippen LogP contribution in [-0.4, -0.2) is 81.7 Å². The first-order valence-electron chi connectivity index (χ1n) is 41.3. The number of hydrogen-bond donors (Lipinski definition) is 0. The first-order chi connectivity index (χ1) is 63.3. The third-order valence-corrected chi connectivity index (χ3v) is 33.9. The molecule has 2 fully saturated rings. The fraction of sp³-hybridized carbons (Fsp3) is 0.133. The molecule has 2 unspecified atom stereocenters. The van der Waals surface area contributed by atoms with Crippen molar-refractivity contribution in [2.45, 2.75) is 111 Å². The Bertz CT molecular complexity index is 5400. The molecule has 0 saturated heterocycles. The molecule has 0 amide bonds. The van der Waals surface area contributed by atoms with Gasteiger partial charge in [0.25, 0.3) is 0 Å². The first kappa shape index (κ1) is 105. The number of ketones is 1. The van der Waals surface area contributed by atoms with Gasteiger partial charge in [-0.3, -0.25) is 9.83 Å². The van der Waals surface area contributed by atoms with E-state index >= 15 is 0 Å². The summed E-state index contributed by atoms with van der Waals surface area (Å²) in [6.07, 6.45) is 3.09. The second-order valence-electron chi connectivity index (χ2n) is 29.7. The van der Waals surface area contributed by atoms with Gasteiger partial charge in [0.15, 0.2) is 70.2 Å². The third kappa shape index (κ3) is 35.6. The lowest BCUT2D eigenvalue weighted by Crippen LogP contribution is -3.61. The van der Waals surface area contributed by atoms with Crippen molar-refractivity contribution in [1.29, 1.82) is 0 Å². The van der Waals surface area contributed by atoms with Crippen LogP contribution in [-0.2, 0) is 98.2 Å². The van der Waals surface area contributed by atoms with Crippen LogP contribution in [0.3, 0.4) is 0 Å². The summed E-state index contributed by atoms with van der Waals surface area (Å²) >= 11 is 0.845. The largest absolute Gasteiger partial charge is 0.748 e. The van der Waals surface area contributed by atoms with E-state index in [-0.39, 0.29) is 87.7 Å². The molecule has 2 atom stereocenters. The second-order valence-corrected chi connectivity index (χ2v) is 47.4. The Morgan fingerprint density at radius 3 is 0.750 bits per heavy atom. The fourth-order valence-corrected chi connectivity index (χ4v) is 26.4. The minimum atomic E-state index is -4.33. The van der Waals surface area contributed by atoms with Crippen LogP contribution in [0.25, 0.3) is 0 Å². The number of halogens is 1. The Morgan fingerprint density at radius 1 is 0.356 bits per heavy atom. The van der Waals surface area contributed by atoms with Gasteiger partial charge in [0.05, 0.1) is 102 Å². The van der Waals surface area contributed by atoms with E-state index in [0.29, 0.717) is 25.4 Å². The Labute approximate surface area is 803 Å². The lowest BCUT2D eigenvalue weighted by molar-refractivity contribution is -0.777. The summed E-state index contributed by atoms with van der Waals surface area (Å²) in [6, 6.07) is 153. The second kappa shape index (κ2) is 53.6. The highest BCUT2D eigenvalue weighted by Crippen LogP contribution is 2.64. The van der Waals surface area contributed by atoms with Gasteiger partial charge in [-0.15, -0.1) is 0 Å². The standard InChI is InChI=1S/4C18H15S.C12H8IO.C10H16O4S.C7H8O3S.C2H6O3S.2CH4O3S/c4*1-4-10-16(11-5-1)19(17-12-6-2-7-13-17)18-14-8-3-9-15-18;1-3-7-11-9(5-1)13-10-6-2-4-8-12(10)14-11;1-9(2)7-3-4-10(9,8(11)5-7)6-15(12,13)14;1-6-2-4-7(5-3-6)11-10-9-8;1-2-6(3,4)5;2*1-5(2,3)4/h4*1-15H;1-8H;7H,3-6H2,1-2H3,(H,12,13,14);2-5,8H,1H3;2H2,1H3,(H,3,4,5);2*1H3,(H,2,3,4)/q5*+1;;;;;/p-5. The maximum absolute atomic E-state index is 11.8. The quantitative estimate of drug-likeness (QED) is 0.0192. The zero-order valence-electron chi connectivity index (χ0n) is 73.2. The number of aryl methyl sites for hydroxylation is 1. The topological polar surface area (TPSA) is 297 Å². The van der Waals surface area contributed by atoms with E-state index in [2.05, 4.69) is 398 Å². The number of hydrogen-bond acceptors (Lipinski definition) is 18. The molecule has 3 aliphatic rings. The molecule has 2 bridgehead atoms. The van der Waals surface area contributed by atoms with Gasteiger partial charge in [-0.2, -0.15) is 4.33 Å². The highest BCUT2D eigenvalue weighted by atomic mass is 127. The Balaban J connectivity index is 0.000000169. The molecule has 0 N–H and O–H groups in total. The molecule has 15 aromatic carbocycles. The summed E-state index contributed by atoms with van der Waals surface area (Å²) in [5.74, 6) is 1.49. The van der Waals surface area contributed by atoms with E-state index in [0.717, 1.165) is 40.4 Å². The molecule has 132 heavy (non-hydrogen) atoms. The number of carbonyl (C=O) groups excluding carboxylic acids is 1. The van der Waals surface area contributed by atoms with Gasteiger partial charge >= 0.3 is 21.2 Å². The average Bonchev–Trinajstić information content (AvgIpc) is 1.55. The van der Waals surface area contributed by atoms with Gasteiger partial charge in [-0.25, -0.2) is 33.7 Å². The number of benzene rings is 15. The lowest BCUT2D eigenvalue weighted by Gasteiger charge is -2.37. The van der Waals surface area contributed by atoms with Crippen molar-refractivity contribution in [3.05, 3.63) is 449 Å². The molecule has 0 radical (unpaired) electrons. The van der Waals surface area contributed by atoms with E-state index in [9.17, 15) is 36.0 Å². The van der Waals surface area contributed by atoms with Crippen molar-refractivity contribution in [2.75, 3.05) is 24.0 Å². The summed E-state index contributed by atoms with van der Waals surface area (Å²) in [7, 11) is -16.1. The molecule has 1 aliphatic heterocycles. The van der Waals surface area contributed by atoms with Crippen LogP contribution in [0.15, 0.2) is 500 Å². The van der Waals surface area contributed by atoms with E-state index in [1.807, 2.05) is 69.3 Å². The van der Waals surface area contributed by atoms with Crippen molar-refractivity contribution in [3.63, 3.8) is 0 Å². The van der Waals surface area contributed by atoms with Crippen LogP contribution in [0.5, 0.6) is 11.5 Å². The molecular weight excluding hydrogens is 1950 g/mol. The Morgan fingerprint density at radius 2 is 0.568 bits per heavy atom. The van der Waals surface area contributed by atoms with E-state index in [1.54, 1.807) is 0 Å². The van der Waals surface area contributed by atoms with Crippen molar-refractivity contribution < 1.29 is 97.2 Å². The molecule has 0 aromatic heterocycles. The number of rotatable bonds is 18. The van der Waals surface area contributed by atoms with Crippen molar-refractivity contribution in [3.8, 4) is 11.5 Å². The van der Waals surface area contributed by atoms with Gasteiger partial charge in [0.1, 0.15) is 5.78 Å². The first-order valence-corrected chi connectivity index (χ1v) is 55.9. The number of fused-ring (bicyclic) bond motifs is 4. The summed E-state index contributed by atoms with van der Waals surface area (Å²) in [4.78, 5) is 29.0. The number of ether oxygens (including phenoxy) is 1. The molecule has 15 aromatic rings. The van der Waals surface area contributed by atoms with Crippen LogP contribution in [0.2, 0.25) is 0 Å². The zero-order chi connectivity index (χ0) is 94.8. The predicted molar refractivity (Wildman–Crippen MR) is 520 cm³/mol. The SMILES string of the molecule is CC1(C)C2CCC1(CS(=O)(=O)[O-])C(=O)C2.CCS(=O)(=O)[O-].CS(=O)(=O)[O-].CS(=O)(=O)[O-].Cc1ccc(SOO[O-])cc1.c1ccc([S+](c2ccccc2)c2ccccc2)cc1.c1ccc([S+](c2ccccc2)c2ccccc2)cc1.c1ccc([S+](c2ccccc2)c2ccccc2)cc1.c1ccc([S+](c2ccccc2)c2ccccc2)cc1.c1ccc2c(c1)Oc1ccccc1[I+]2. The number of carbonyl (C=O) groups is 1. The summed E-state index contributed by atoms with van der Waals surface area (Å²) in [5.41, 5.74) is -0.0582. The van der Waals surface area contributed by atoms with E-state index < -0.39 is 51.6 Å². The van der Waals surface area contributed by atoms with E-state index in [1.165, 1.54) is 72.8 Å². The monoisotopic (exact) mass is 2050 g/mol. The predicted octanol–water partition coefficient (Wildman–Crippen LogP) is 19.1. The molecule has 27 heteroatoms. The number of Topliss-reactive ketones (excluding diaryl/α,β-unsaturated/α-hetero) is 1. The number of para-hydroxylation sites is 2. The Kier molecular flexibility index (Phi) is 42.8. The molecule has 1 heterocycles. The highest BCUT2D eigenvalue weighted by molar-refractivity contribution is 7.98. The van der Waals surface area contributed by atoms with Gasteiger partial charge in [-0.05, 0) is 213 Å². The summed E-state index contributed by atoms with van der Waals surface area (Å²) < 4.78 is 128. The normalized spacial score (nSPS) is 14.1. The smallest absolute Gasteiger partial charge is 0.366 e. The van der Waals surface area contributed by atoms with Crippen LogP contribution >= 0.6 is 12.0 Å². The van der Waals surface area contributed by atoms with E-state index in [4.69, 9.17) is 30.7 Å².